The van der Waals surface area contributed by atoms with Crippen molar-refractivity contribution in [1.82, 2.24) is 19.5 Å². The number of para-hydroxylation sites is 1. The van der Waals surface area contributed by atoms with Gasteiger partial charge in [-0.3, -0.25) is 0 Å². The fourth-order valence-electron chi connectivity index (χ4n) is 10.8. The van der Waals surface area contributed by atoms with Gasteiger partial charge in [-0.25, -0.2) is 15.0 Å². The van der Waals surface area contributed by atoms with Gasteiger partial charge in [0.25, 0.3) is 0 Å². The van der Waals surface area contributed by atoms with Crippen molar-refractivity contribution in [3.05, 3.63) is 218 Å². The number of aromatic nitrogens is 4. The maximum Gasteiger partial charge on any atom is 0.165 e. The molecule has 0 unspecified atom stereocenters. The molecule has 0 N–H and O–H groups in total. The number of thiophene rings is 1. The summed E-state index contributed by atoms with van der Waals surface area (Å²) in [5.74, 6) is 1.87. The molecule has 320 valence electrons. The van der Waals surface area contributed by atoms with Gasteiger partial charge in [-0.1, -0.05) is 170 Å². The first-order valence-electron chi connectivity index (χ1n) is 23.2. The Hall–Kier alpha value is -8.97. The lowest BCUT2D eigenvalue weighted by Crippen LogP contribution is -2.00. The SMILES string of the molecule is c1ccc(-c2ccc(-c3nc(-c4ccc5ccc6oc7c(-n8c9cc%10ccccc%10cc9c9c%10ccccc%10ccc98)cccc7c6c5c4)nc(-c4cccc5c4sc4ccccc45)n3)cc2)cc1. The average Bonchev–Trinajstić information content (AvgIpc) is 4.10. The second-order valence-corrected chi connectivity index (χ2v) is 18.9. The Morgan fingerprint density at radius 2 is 0.986 bits per heavy atom. The Kier molecular flexibility index (Phi) is 8.17. The van der Waals surface area contributed by atoms with Crippen LogP contribution in [0.5, 0.6) is 0 Å². The Bertz CT molecular complexity index is 4600. The van der Waals surface area contributed by atoms with Crippen molar-refractivity contribution < 1.29 is 4.42 Å². The lowest BCUT2D eigenvalue weighted by Gasteiger charge is -2.11. The average molecular weight is 897 g/mol. The Morgan fingerprint density at radius 3 is 1.86 bits per heavy atom. The molecule has 0 saturated carbocycles. The van der Waals surface area contributed by atoms with Crippen LogP contribution in [0.25, 0.3) is 147 Å². The Morgan fingerprint density at radius 1 is 0.362 bits per heavy atom. The number of nitrogens with zero attached hydrogens (tertiary/aromatic N) is 4. The molecular formula is C63H36N4OS. The van der Waals surface area contributed by atoms with Gasteiger partial charge in [-0.2, -0.15) is 0 Å². The predicted molar refractivity (Wildman–Crippen MR) is 289 cm³/mol. The van der Waals surface area contributed by atoms with Gasteiger partial charge in [0.05, 0.1) is 16.7 Å². The minimum absolute atomic E-state index is 0.609. The highest BCUT2D eigenvalue weighted by molar-refractivity contribution is 7.26. The second kappa shape index (κ2) is 14.8. The summed E-state index contributed by atoms with van der Waals surface area (Å²) in [6, 6.07) is 77.9. The summed E-state index contributed by atoms with van der Waals surface area (Å²) in [6.07, 6.45) is 0. The van der Waals surface area contributed by atoms with Gasteiger partial charge >= 0.3 is 0 Å². The second-order valence-electron chi connectivity index (χ2n) is 17.9. The van der Waals surface area contributed by atoms with E-state index in [0.29, 0.717) is 17.5 Å². The fourth-order valence-corrected chi connectivity index (χ4v) is 12.0. The van der Waals surface area contributed by atoms with Crippen LogP contribution in [-0.2, 0) is 0 Å². The van der Waals surface area contributed by atoms with Gasteiger partial charge in [0.2, 0.25) is 0 Å². The number of benzene rings is 11. The monoisotopic (exact) mass is 896 g/mol. The first kappa shape index (κ1) is 38.2. The van der Waals surface area contributed by atoms with Crippen LogP contribution in [0.4, 0.5) is 0 Å². The largest absolute Gasteiger partial charge is 0.454 e. The van der Waals surface area contributed by atoms with E-state index in [2.05, 4.69) is 217 Å². The lowest BCUT2D eigenvalue weighted by molar-refractivity contribution is 0.666. The van der Waals surface area contributed by atoms with Crippen molar-refractivity contribution in [3.63, 3.8) is 0 Å². The molecule has 0 aliphatic carbocycles. The molecule has 11 aromatic carbocycles. The highest BCUT2D eigenvalue weighted by Crippen LogP contribution is 2.44. The van der Waals surface area contributed by atoms with E-state index in [9.17, 15) is 0 Å². The molecule has 0 saturated heterocycles. The number of furan rings is 1. The van der Waals surface area contributed by atoms with E-state index < -0.39 is 0 Å². The third-order valence-electron chi connectivity index (χ3n) is 14.0. The molecule has 0 atom stereocenters. The van der Waals surface area contributed by atoms with Crippen LogP contribution in [0.1, 0.15) is 0 Å². The molecule has 0 amide bonds. The van der Waals surface area contributed by atoms with Crippen molar-refractivity contribution >= 4 is 108 Å². The molecule has 0 fully saturated rings. The van der Waals surface area contributed by atoms with Gasteiger partial charge in [-0.05, 0) is 92.0 Å². The van der Waals surface area contributed by atoms with E-state index in [0.717, 1.165) is 81.9 Å². The number of fused-ring (bicyclic) bond motifs is 14. The van der Waals surface area contributed by atoms with Crippen molar-refractivity contribution in [2.24, 2.45) is 0 Å². The van der Waals surface area contributed by atoms with Crippen molar-refractivity contribution in [2.75, 3.05) is 0 Å². The predicted octanol–water partition coefficient (Wildman–Crippen LogP) is 17.4. The molecule has 69 heavy (non-hydrogen) atoms. The summed E-state index contributed by atoms with van der Waals surface area (Å²) in [4.78, 5) is 15.8. The minimum Gasteiger partial charge on any atom is -0.454 e. The van der Waals surface area contributed by atoms with Crippen LogP contribution in [-0.4, -0.2) is 19.5 Å². The molecule has 0 radical (unpaired) electrons. The van der Waals surface area contributed by atoms with E-state index in [4.69, 9.17) is 19.4 Å². The first-order valence-corrected chi connectivity index (χ1v) is 24.1. The summed E-state index contributed by atoms with van der Waals surface area (Å²) < 4.78 is 11.8. The van der Waals surface area contributed by atoms with Gasteiger partial charge in [-0.15, -0.1) is 11.3 Å². The summed E-state index contributed by atoms with van der Waals surface area (Å²) in [5, 5.41) is 14.1. The Balaban J connectivity index is 0.943. The summed E-state index contributed by atoms with van der Waals surface area (Å²) in [6.45, 7) is 0. The molecule has 0 aliphatic rings. The molecule has 0 spiro atoms. The van der Waals surface area contributed by atoms with Gasteiger partial charge in [0, 0.05) is 58.4 Å². The minimum atomic E-state index is 0.609. The molecule has 4 heterocycles. The number of hydrogen-bond acceptors (Lipinski definition) is 5. The molecule has 15 rings (SSSR count). The Labute approximate surface area is 398 Å². The fraction of sp³-hybridized carbons (Fsp3) is 0. The van der Waals surface area contributed by atoms with Crippen LogP contribution in [0.2, 0.25) is 0 Å². The zero-order chi connectivity index (χ0) is 45.2. The maximum atomic E-state index is 7.03. The van der Waals surface area contributed by atoms with E-state index in [1.807, 2.05) is 6.07 Å². The van der Waals surface area contributed by atoms with Gasteiger partial charge in [0.15, 0.2) is 23.1 Å². The third kappa shape index (κ3) is 5.86. The highest BCUT2D eigenvalue weighted by Gasteiger charge is 2.22. The normalized spacial score (nSPS) is 12.1. The van der Waals surface area contributed by atoms with Gasteiger partial charge < -0.3 is 8.98 Å². The smallest absolute Gasteiger partial charge is 0.165 e. The number of hydrogen-bond donors (Lipinski definition) is 0. The molecule has 0 aliphatic heterocycles. The van der Waals surface area contributed by atoms with Crippen molar-refractivity contribution in [2.45, 2.75) is 0 Å². The molecule has 0 bridgehead atoms. The zero-order valence-electron chi connectivity index (χ0n) is 36.9. The molecule has 5 nitrogen and oxygen atoms in total. The van der Waals surface area contributed by atoms with E-state index in [1.165, 1.54) is 47.8 Å². The summed E-state index contributed by atoms with van der Waals surface area (Å²) in [7, 11) is 0. The van der Waals surface area contributed by atoms with Crippen LogP contribution in [0.3, 0.4) is 0 Å². The molecule has 4 aromatic heterocycles. The van der Waals surface area contributed by atoms with Crippen LogP contribution in [0, 0.1) is 0 Å². The van der Waals surface area contributed by atoms with Crippen molar-refractivity contribution in [1.29, 1.82) is 0 Å². The zero-order valence-corrected chi connectivity index (χ0v) is 37.7. The van der Waals surface area contributed by atoms with Crippen LogP contribution < -0.4 is 0 Å². The van der Waals surface area contributed by atoms with Gasteiger partial charge in [0.1, 0.15) is 5.58 Å². The van der Waals surface area contributed by atoms with E-state index in [1.54, 1.807) is 11.3 Å². The van der Waals surface area contributed by atoms with Crippen molar-refractivity contribution in [3.8, 4) is 51.0 Å². The number of rotatable bonds is 5. The molecule has 15 aromatic rings. The third-order valence-corrected chi connectivity index (χ3v) is 15.2. The molecular weight excluding hydrogens is 861 g/mol. The highest BCUT2D eigenvalue weighted by atomic mass is 32.1. The topological polar surface area (TPSA) is 56.7 Å². The maximum absolute atomic E-state index is 7.03. The van der Waals surface area contributed by atoms with Crippen LogP contribution >= 0.6 is 11.3 Å². The van der Waals surface area contributed by atoms with E-state index in [-0.39, 0.29) is 0 Å². The van der Waals surface area contributed by atoms with Crippen LogP contribution in [0.15, 0.2) is 223 Å². The first-order chi connectivity index (χ1) is 34.2. The standard InChI is InChI=1S/C63H36N4OS/c1-2-12-37(13-3-1)38-24-27-41(28-25-38)61-64-62(66-63(65-61)49-21-10-19-47-46-18-8-9-23-56(46)69-60(47)49)44-29-26-40-31-33-55-58(50(40)35-44)48-20-11-22-53(59(48)68-55)67-52-32-30-39-14-6-7-17-45(39)57(52)51-34-42-15-4-5-16-43(42)36-54(51)67/h1-36H. The van der Waals surface area contributed by atoms with E-state index >= 15 is 0 Å². The molecule has 6 heteroatoms. The summed E-state index contributed by atoms with van der Waals surface area (Å²) >= 11 is 1.78. The lowest BCUT2D eigenvalue weighted by atomic mass is 10.0. The quantitative estimate of drug-likeness (QED) is 0.173. The summed E-state index contributed by atoms with van der Waals surface area (Å²) in [5.41, 5.74) is 10.1.